The summed E-state index contributed by atoms with van der Waals surface area (Å²) in [5.74, 6) is 0.154. The molecule has 3 aliphatic carbocycles. The fraction of sp³-hybridized carbons (Fsp3) is 0.541. The number of nitrogens with zero attached hydrogens (tertiary/aromatic N) is 2. The van der Waals surface area contributed by atoms with Crippen molar-refractivity contribution in [2.45, 2.75) is 114 Å². The van der Waals surface area contributed by atoms with Crippen molar-refractivity contribution in [3.63, 3.8) is 0 Å². The third-order valence-corrected chi connectivity index (χ3v) is 13.4. The van der Waals surface area contributed by atoms with Gasteiger partial charge >= 0.3 is 0 Å². The third-order valence-electron chi connectivity index (χ3n) is 11.7. The molecule has 2 bridgehead atoms. The number of piperidine rings is 1. The van der Waals surface area contributed by atoms with Crippen LogP contribution in [0.3, 0.4) is 0 Å². The Labute approximate surface area is 276 Å². The van der Waals surface area contributed by atoms with Gasteiger partial charge in [-0.1, -0.05) is 37.5 Å². The first-order chi connectivity index (χ1) is 22.6. The molecule has 1 aromatic heterocycles. The van der Waals surface area contributed by atoms with Gasteiger partial charge in [-0.2, -0.15) is 0 Å². The van der Waals surface area contributed by atoms with Crippen molar-refractivity contribution in [2.24, 2.45) is 5.92 Å². The molecule has 1 saturated carbocycles. The predicted octanol–water partition coefficient (Wildman–Crippen LogP) is 5.55. The summed E-state index contributed by atoms with van der Waals surface area (Å²) in [5, 5.41) is 0.257. The smallest absolute Gasteiger partial charge is 0.265 e. The van der Waals surface area contributed by atoms with Gasteiger partial charge in [-0.15, -0.1) is 0 Å². The number of carbonyl (C=O) groups is 3. The monoisotopic (exact) mass is 657 g/mol. The molecule has 10 heteroatoms. The number of Topliss-reactive ketones (excluding diaryl/α,β-unsaturated/α-hetero) is 1. The molecule has 2 saturated heterocycles. The van der Waals surface area contributed by atoms with Gasteiger partial charge in [0.2, 0.25) is 15.9 Å². The molecule has 0 radical (unpaired) electrons. The van der Waals surface area contributed by atoms with E-state index in [2.05, 4.69) is 27.5 Å². The lowest BCUT2D eigenvalue weighted by Crippen LogP contribution is -2.50. The molecule has 8 rings (SSSR count). The number of hydrogen-bond donors (Lipinski definition) is 1. The fourth-order valence-corrected chi connectivity index (χ4v) is 9.93. The highest BCUT2D eigenvalue weighted by molar-refractivity contribution is 7.90. The van der Waals surface area contributed by atoms with Gasteiger partial charge in [0.25, 0.3) is 5.91 Å². The highest BCUT2D eigenvalue weighted by atomic mass is 32.2. The van der Waals surface area contributed by atoms with Crippen molar-refractivity contribution in [3.8, 4) is 5.75 Å². The summed E-state index contributed by atoms with van der Waals surface area (Å²) in [6, 6.07) is 6.35. The Morgan fingerprint density at radius 2 is 1.74 bits per heavy atom. The van der Waals surface area contributed by atoms with E-state index >= 15 is 0 Å². The first-order valence-electron chi connectivity index (χ1n) is 17.3. The lowest BCUT2D eigenvalue weighted by Gasteiger charge is -2.39. The van der Waals surface area contributed by atoms with Gasteiger partial charge in [0, 0.05) is 48.5 Å². The van der Waals surface area contributed by atoms with Crippen molar-refractivity contribution >= 4 is 38.5 Å². The number of benzene rings is 1. The largest absolute Gasteiger partial charge is 0.496 e. The number of rotatable bonds is 6. The second kappa shape index (κ2) is 11.2. The SMILES string of the molecule is COc1ccc(C2CCCCC2)c2c1cc1n2CC2=C(C(=O)NS(=O)(=O)C(C)C)C2=C2C=CC[C@@H](C(=O)N3C4CCC3CC(=O)C4)C21. The van der Waals surface area contributed by atoms with Gasteiger partial charge in [0.1, 0.15) is 11.5 Å². The average Bonchev–Trinajstić information content (AvgIpc) is 3.59. The second-order valence-electron chi connectivity index (χ2n) is 14.6. The zero-order valence-corrected chi connectivity index (χ0v) is 28.2. The lowest BCUT2D eigenvalue weighted by molar-refractivity contribution is -0.143. The molecule has 47 heavy (non-hydrogen) atoms. The number of fused-ring (bicyclic) bond motifs is 8. The number of ketones is 1. The summed E-state index contributed by atoms with van der Waals surface area (Å²) in [6.45, 7) is 3.52. The van der Waals surface area contributed by atoms with Crippen molar-refractivity contribution in [1.82, 2.24) is 14.2 Å². The maximum Gasteiger partial charge on any atom is 0.265 e. The highest BCUT2D eigenvalue weighted by Crippen LogP contribution is 2.56. The van der Waals surface area contributed by atoms with Crippen molar-refractivity contribution in [3.05, 3.63) is 63.9 Å². The Morgan fingerprint density at radius 3 is 2.43 bits per heavy atom. The van der Waals surface area contributed by atoms with Gasteiger partial charge in [-0.25, -0.2) is 13.1 Å². The minimum atomic E-state index is -3.83. The second-order valence-corrected chi connectivity index (χ2v) is 16.9. The number of nitrogens with one attached hydrogen (secondary N) is 1. The molecule has 1 aromatic carbocycles. The van der Waals surface area contributed by atoms with Crippen molar-refractivity contribution in [2.75, 3.05) is 7.11 Å². The Bertz CT molecular complexity index is 1910. The number of ether oxygens (including phenoxy) is 1. The molecule has 3 aliphatic heterocycles. The lowest BCUT2D eigenvalue weighted by atomic mass is 9.75. The van der Waals surface area contributed by atoms with Crippen LogP contribution in [-0.2, 0) is 31.0 Å². The van der Waals surface area contributed by atoms with Crippen LogP contribution in [-0.4, -0.2) is 59.9 Å². The molecule has 4 atom stereocenters. The molecule has 4 heterocycles. The van der Waals surface area contributed by atoms with Crippen molar-refractivity contribution in [1.29, 1.82) is 0 Å². The number of methoxy groups -OCH3 is 1. The van der Waals surface area contributed by atoms with E-state index in [1.165, 1.54) is 24.8 Å². The van der Waals surface area contributed by atoms with Crippen LogP contribution in [0.1, 0.15) is 101 Å². The summed E-state index contributed by atoms with van der Waals surface area (Å²) < 4.78 is 36.1. The normalized spacial score (nSPS) is 27.1. The fourth-order valence-electron chi connectivity index (χ4n) is 9.33. The number of allylic oxidation sites excluding steroid dienone is 4. The van der Waals surface area contributed by atoms with Crippen LogP contribution in [0.15, 0.2) is 52.6 Å². The van der Waals surface area contributed by atoms with E-state index < -0.39 is 27.1 Å². The van der Waals surface area contributed by atoms with Gasteiger partial charge < -0.3 is 14.2 Å². The third kappa shape index (κ3) is 4.84. The average molecular weight is 658 g/mol. The Kier molecular flexibility index (Phi) is 7.31. The summed E-state index contributed by atoms with van der Waals surface area (Å²) in [7, 11) is -2.15. The van der Waals surface area contributed by atoms with Crippen molar-refractivity contribution < 1.29 is 27.5 Å². The van der Waals surface area contributed by atoms with Crippen LogP contribution in [0.5, 0.6) is 5.75 Å². The van der Waals surface area contributed by atoms with Crippen LogP contribution < -0.4 is 9.46 Å². The first kappa shape index (κ1) is 30.7. The molecule has 248 valence electrons. The van der Waals surface area contributed by atoms with Gasteiger partial charge in [0.15, 0.2) is 0 Å². The number of sulfonamides is 1. The molecular weight excluding hydrogens is 614 g/mol. The van der Waals surface area contributed by atoms with Crippen LogP contribution in [0.25, 0.3) is 10.9 Å². The highest BCUT2D eigenvalue weighted by Gasteiger charge is 2.51. The number of amides is 2. The van der Waals surface area contributed by atoms with E-state index in [1.54, 1.807) is 21.0 Å². The molecule has 2 amide bonds. The summed E-state index contributed by atoms with van der Waals surface area (Å²) in [5.41, 5.74) is 6.33. The number of hydrogen-bond acceptors (Lipinski definition) is 6. The molecule has 0 spiro atoms. The molecule has 6 aliphatic rings. The Morgan fingerprint density at radius 1 is 1.02 bits per heavy atom. The van der Waals surface area contributed by atoms with Crippen LogP contribution in [0.4, 0.5) is 0 Å². The van der Waals surface area contributed by atoms with Gasteiger partial charge in [0.05, 0.1) is 29.4 Å². The molecule has 9 nitrogen and oxygen atoms in total. The Balaban J connectivity index is 1.30. The zero-order valence-electron chi connectivity index (χ0n) is 27.4. The van der Waals surface area contributed by atoms with Gasteiger partial charge in [-0.3, -0.25) is 14.4 Å². The topological polar surface area (TPSA) is 115 Å². The maximum absolute atomic E-state index is 14.7. The quantitative estimate of drug-likeness (QED) is 0.436. The summed E-state index contributed by atoms with van der Waals surface area (Å²) >= 11 is 0. The first-order valence-corrected chi connectivity index (χ1v) is 18.9. The molecule has 3 unspecified atom stereocenters. The molecular formula is C37H43N3O6S. The minimum Gasteiger partial charge on any atom is -0.496 e. The number of aromatic nitrogens is 1. The van der Waals surface area contributed by atoms with Crippen LogP contribution >= 0.6 is 0 Å². The van der Waals surface area contributed by atoms with E-state index in [4.69, 9.17) is 4.74 Å². The molecule has 1 N–H and O–H groups in total. The standard InChI is InChI=1S/C37H43N3O6S/c1-20(2)47(44,45)38-36(42)34-29-19-39-30(18-28-31(46-3)15-14-25(35(28)39)21-8-5-4-6-9-21)32-26(33(29)34)10-7-11-27(32)37(43)40-22-12-13-23(40)17-24(41)16-22/h7,10,14-15,18,20-23,27,32H,4-6,8-9,11-13,16-17,19H2,1-3H3,(H,38,42)/t22?,23?,27-,32?/m1/s1. The number of carbonyl (C=O) groups excluding carboxylic acids is 3. The van der Waals surface area contributed by atoms with Gasteiger partial charge in [-0.05, 0) is 86.3 Å². The maximum atomic E-state index is 14.7. The summed E-state index contributed by atoms with van der Waals surface area (Å²) in [6.07, 6.45) is 13.0. The van der Waals surface area contributed by atoms with E-state index in [0.717, 1.165) is 64.7 Å². The van der Waals surface area contributed by atoms with E-state index in [0.29, 0.717) is 37.3 Å². The van der Waals surface area contributed by atoms with Crippen LogP contribution in [0.2, 0.25) is 0 Å². The van der Waals surface area contributed by atoms with E-state index in [9.17, 15) is 22.8 Å². The predicted molar refractivity (Wildman–Crippen MR) is 178 cm³/mol. The summed E-state index contributed by atoms with van der Waals surface area (Å²) in [4.78, 5) is 42.8. The molecule has 3 fully saturated rings. The molecule has 2 aromatic rings. The van der Waals surface area contributed by atoms with E-state index in [-0.39, 0.29) is 29.7 Å². The van der Waals surface area contributed by atoms with E-state index in [1.807, 2.05) is 17.1 Å². The minimum absolute atomic E-state index is 0.0532. The zero-order chi connectivity index (χ0) is 32.8. The van der Waals surface area contributed by atoms with Crippen LogP contribution in [0, 0.1) is 5.92 Å². The Hall–Kier alpha value is -3.66.